The summed E-state index contributed by atoms with van der Waals surface area (Å²) in [5.74, 6) is -1.06. The first-order chi connectivity index (χ1) is 11.6. The summed E-state index contributed by atoms with van der Waals surface area (Å²) >= 11 is 2.46. The summed E-state index contributed by atoms with van der Waals surface area (Å²) < 4.78 is 27.7. The molecule has 0 radical (unpaired) electrons. The Balaban J connectivity index is 1.63. The van der Waals surface area contributed by atoms with Crippen LogP contribution in [0.2, 0.25) is 0 Å². The quantitative estimate of drug-likeness (QED) is 0.540. The molecule has 0 fully saturated rings. The summed E-state index contributed by atoms with van der Waals surface area (Å²) in [7, 11) is 0. The highest BCUT2D eigenvalue weighted by molar-refractivity contribution is 8.00. The lowest BCUT2D eigenvalue weighted by molar-refractivity contribution is 0.102. The molecule has 0 aliphatic heterocycles. The molecule has 0 aliphatic rings. The van der Waals surface area contributed by atoms with Crippen LogP contribution in [0.3, 0.4) is 0 Å². The van der Waals surface area contributed by atoms with E-state index in [4.69, 9.17) is 0 Å². The molecule has 0 saturated heterocycles. The second-order valence-electron chi connectivity index (χ2n) is 4.69. The van der Waals surface area contributed by atoms with Crippen LogP contribution in [-0.4, -0.2) is 16.1 Å². The van der Waals surface area contributed by atoms with E-state index in [1.807, 2.05) is 0 Å². The zero-order valence-electron chi connectivity index (χ0n) is 12.2. The molecular formula is C16H11F2N3OS2. The topological polar surface area (TPSA) is 54.9 Å². The number of nitrogens with one attached hydrogen (secondary N) is 1. The van der Waals surface area contributed by atoms with Crippen LogP contribution in [0.5, 0.6) is 0 Å². The Bertz CT molecular complexity index is 870. The molecule has 0 aliphatic carbocycles. The molecule has 122 valence electrons. The van der Waals surface area contributed by atoms with Gasteiger partial charge in [0.15, 0.2) is 4.34 Å². The van der Waals surface area contributed by atoms with Gasteiger partial charge in [-0.2, -0.15) is 0 Å². The van der Waals surface area contributed by atoms with Gasteiger partial charge < -0.3 is 0 Å². The number of halogens is 2. The Morgan fingerprint density at radius 3 is 2.50 bits per heavy atom. The maximum absolute atomic E-state index is 13.6. The molecule has 0 unspecified atom stereocenters. The van der Waals surface area contributed by atoms with Gasteiger partial charge in [-0.1, -0.05) is 53.4 Å². The van der Waals surface area contributed by atoms with Crippen LogP contribution in [0.25, 0.3) is 0 Å². The third-order valence-electron chi connectivity index (χ3n) is 3.05. The Morgan fingerprint density at radius 1 is 1.04 bits per heavy atom. The van der Waals surface area contributed by atoms with Crippen molar-refractivity contribution in [3.8, 4) is 0 Å². The number of hydrogen-bond acceptors (Lipinski definition) is 5. The fourth-order valence-electron chi connectivity index (χ4n) is 1.88. The van der Waals surface area contributed by atoms with Crippen LogP contribution >= 0.6 is 23.1 Å². The van der Waals surface area contributed by atoms with Gasteiger partial charge in [0.05, 0.1) is 5.56 Å². The molecule has 0 spiro atoms. The Hall–Kier alpha value is -2.32. The monoisotopic (exact) mass is 363 g/mol. The predicted octanol–water partition coefficient (Wildman–Crippen LogP) is 4.36. The zero-order chi connectivity index (χ0) is 16.9. The molecule has 8 heteroatoms. The maximum atomic E-state index is 13.6. The fourth-order valence-corrected chi connectivity index (χ4v) is 3.62. The van der Waals surface area contributed by atoms with Crippen molar-refractivity contribution in [3.63, 3.8) is 0 Å². The van der Waals surface area contributed by atoms with Crippen molar-refractivity contribution in [1.82, 2.24) is 10.2 Å². The molecule has 1 N–H and O–H groups in total. The van der Waals surface area contributed by atoms with Crippen molar-refractivity contribution in [3.05, 3.63) is 71.3 Å². The summed E-state index contributed by atoms with van der Waals surface area (Å²) in [5.41, 5.74) is 0.503. The molecule has 1 amide bonds. The lowest BCUT2D eigenvalue weighted by atomic mass is 10.2. The number of nitrogens with zero attached hydrogens (tertiary/aromatic N) is 2. The molecule has 2 aromatic carbocycles. The van der Waals surface area contributed by atoms with Gasteiger partial charge in [0.1, 0.15) is 11.6 Å². The van der Waals surface area contributed by atoms with Crippen LogP contribution in [0, 0.1) is 11.6 Å². The molecule has 0 atom stereocenters. The highest BCUT2D eigenvalue weighted by atomic mass is 32.2. The van der Waals surface area contributed by atoms with E-state index in [1.54, 1.807) is 24.3 Å². The smallest absolute Gasteiger partial charge is 0.260 e. The van der Waals surface area contributed by atoms with Crippen molar-refractivity contribution in [1.29, 1.82) is 0 Å². The lowest BCUT2D eigenvalue weighted by Gasteiger charge is -2.01. The Morgan fingerprint density at radius 2 is 1.75 bits per heavy atom. The van der Waals surface area contributed by atoms with Gasteiger partial charge in [-0.05, 0) is 23.8 Å². The van der Waals surface area contributed by atoms with Crippen molar-refractivity contribution in [2.45, 2.75) is 10.1 Å². The second kappa shape index (κ2) is 7.50. The first-order valence-electron chi connectivity index (χ1n) is 6.89. The van der Waals surface area contributed by atoms with E-state index >= 15 is 0 Å². The normalized spacial score (nSPS) is 10.6. The molecule has 0 saturated carbocycles. The van der Waals surface area contributed by atoms with Crippen LogP contribution in [0.1, 0.15) is 15.9 Å². The fraction of sp³-hybridized carbons (Fsp3) is 0.0625. The molecular weight excluding hydrogens is 352 g/mol. The highest BCUT2D eigenvalue weighted by Crippen LogP contribution is 2.29. The lowest BCUT2D eigenvalue weighted by Crippen LogP contribution is -2.13. The third-order valence-corrected chi connectivity index (χ3v) is 5.08. The van der Waals surface area contributed by atoms with Gasteiger partial charge >= 0.3 is 0 Å². The van der Waals surface area contributed by atoms with Gasteiger partial charge in [0, 0.05) is 5.75 Å². The van der Waals surface area contributed by atoms with Crippen LogP contribution in [0.4, 0.5) is 13.9 Å². The first-order valence-corrected chi connectivity index (χ1v) is 8.69. The van der Waals surface area contributed by atoms with Gasteiger partial charge in [0.2, 0.25) is 5.13 Å². The summed E-state index contributed by atoms with van der Waals surface area (Å²) in [6, 6.07) is 12.2. The molecule has 3 rings (SSSR count). The minimum Gasteiger partial charge on any atom is -0.296 e. The Kier molecular flexibility index (Phi) is 5.17. The number of hydrogen-bond donors (Lipinski definition) is 1. The van der Waals surface area contributed by atoms with Crippen molar-refractivity contribution < 1.29 is 13.6 Å². The minimum absolute atomic E-state index is 0.0618. The van der Waals surface area contributed by atoms with Gasteiger partial charge in [-0.3, -0.25) is 10.1 Å². The van der Waals surface area contributed by atoms with Crippen LogP contribution < -0.4 is 5.32 Å². The zero-order valence-corrected chi connectivity index (χ0v) is 13.8. The number of benzene rings is 2. The highest BCUT2D eigenvalue weighted by Gasteiger charge is 2.14. The molecule has 4 nitrogen and oxygen atoms in total. The predicted molar refractivity (Wildman–Crippen MR) is 90.2 cm³/mol. The van der Waals surface area contributed by atoms with Crippen LogP contribution in [-0.2, 0) is 5.75 Å². The standard InChI is InChI=1S/C16H11F2N3OS2/c17-12-7-3-1-5-10(12)9-23-16-21-20-15(24-16)19-14(22)11-6-2-4-8-13(11)18/h1-8H,9H2,(H,19,20,22). The van der Waals surface area contributed by atoms with E-state index < -0.39 is 11.7 Å². The number of anilines is 1. The van der Waals surface area contributed by atoms with E-state index in [1.165, 1.54) is 36.0 Å². The SMILES string of the molecule is O=C(Nc1nnc(SCc2ccccc2F)s1)c1ccccc1F. The summed E-state index contributed by atoms with van der Waals surface area (Å²) in [6.45, 7) is 0. The summed E-state index contributed by atoms with van der Waals surface area (Å²) in [5, 5.41) is 10.5. The number of carbonyl (C=O) groups is 1. The minimum atomic E-state index is -0.603. The van der Waals surface area contributed by atoms with E-state index in [-0.39, 0.29) is 16.5 Å². The molecule has 24 heavy (non-hydrogen) atoms. The number of amides is 1. The number of aromatic nitrogens is 2. The summed E-state index contributed by atoms with van der Waals surface area (Å²) in [4.78, 5) is 12.0. The number of rotatable bonds is 5. The average Bonchev–Trinajstić information content (AvgIpc) is 3.02. The second-order valence-corrected chi connectivity index (χ2v) is 6.89. The first kappa shape index (κ1) is 16.5. The number of thioether (sulfide) groups is 1. The van der Waals surface area contributed by atoms with Gasteiger partial charge in [-0.15, -0.1) is 10.2 Å². The largest absolute Gasteiger partial charge is 0.296 e. The van der Waals surface area contributed by atoms with E-state index in [2.05, 4.69) is 15.5 Å². The van der Waals surface area contributed by atoms with Crippen molar-refractivity contribution in [2.75, 3.05) is 5.32 Å². The van der Waals surface area contributed by atoms with E-state index in [0.717, 1.165) is 11.3 Å². The molecule has 0 bridgehead atoms. The molecule has 1 aromatic heterocycles. The average molecular weight is 363 g/mol. The maximum Gasteiger partial charge on any atom is 0.260 e. The van der Waals surface area contributed by atoms with E-state index in [0.29, 0.717) is 15.7 Å². The summed E-state index contributed by atoms with van der Waals surface area (Å²) in [6.07, 6.45) is 0. The molecule has 3 aromatic rings. The van der Waals surface area contributed by atoms with Gasteiger partial charge in [0.25, 0.3) is 5.91 Å². The number of carbonyl (C=O) groups excluding carboxylic acids is 1. The van der Waals surface area contributed by atoms with Gasteiger partial charge in [-0.25, -0.2) is 8.78 Å². The van der Waals surface area contributed by atoms with Crippen molar-refractivity contribution >= 4 is 34.1 Å². The van der Waals surface area contributed by atoms with E-state index in [9.17, 15) is 13.6 Å². The third kappa shape index (κ3) is 3.95. The Labute approximate surface area is 144 Å². The van der Waals surface area contributed by atoms with Crippen LogP contribution in [0.15, 0.2) is 52.9 Å². The van der Waals surface area contributed by atoms with Crippen molar-refractivity contribution in [2.24, 2.45) is 0 Å². The molecule has 1 heterocycles.